The van der Waals surface area contributed by atoms with Crippen LogP contribution in [0.5, 0.6) is 5.88 Å². The van der Waals surface area contributed by atoms with E-state index < -0.39 is 32.7 Å². The van der Waals surface area contributed by atoms with Gasteiger partial charge in [-0.2, -0.15) is 0 Å². The van der Waals surface area contributed by atoms with Crippen LogP contribution in [0, 0.1) is 11.6 Å². The van der Waals surface area contributed by atoms with Crippen LogP contribution in [0.3, 0.4) is 0 Å². The van der Waals surface area contributed by atoms with Gasteiger partial charge in [-0.15, -0.1) is 0 Å². The van der Waals surface area contributed by atoms with E-state index in [1.807, 2.05) is 24.3 Å². The number of anilines is 2. The lowest BCUT2D eigenvalue weighted by Crippen LogP contribution is -2.51. The van der Waals surface area contributed by atoms with Crippen LogP contribution in [0.2, 0.25) is 0 Å². The van der Waals surface area contributed by atoms with Gasteiger partial charge >= 0.3 is 5.97 Å². The van der Waals surface area contributed by atoms with Crippen molar-refractivity contribution < 1.29 is 36.3 Å². The minimum atomic E-state index is -4.45. The maximum atomic E-state index is 14.3. The Morgan fingerprint density at radius 3 is 2.52 bits per heavy atom. The zero-order valence-corrected chi connectivity index (χ0v) is 24.3. The van der Waals surface area contributed by atoms with Crippen LogP contribution >= 0.6 is 0 Å². The average molecular weight is 624 g/mol. The van der Waals surface area contributed by atoms with Gasteiger partial charge in [-0.1, -0.05) is 6.07 Å². The number of nitrogens with zero attached hydrogens (tertiary/aromatic N) is 4. The number of carbonyl (C=O) groups is 2. The summed E-state index contributed by atoms with van der Waals surface area (Å²) in [5, 5.41) is 0.834. The summed E-state index contributed by atoms with van der Waals surface area (Å²) >= 11 is 0. The lowest BCUT2D eigenvalue weighted by molar-refractivity contribution is -0.153. The van der Waals surface area contributed by atoms with Crippen molar-refractivity contribution in [3.8, 4) is 17.0 Å². The number of fused-ring (bicyclic) bond motifs is 1. The zero-order chi connectivity index (χ0) is 31.0. The summed E-state index contributed by atoms with van der Waals surface area (Å²) in [4.78, 5) is 36.1. The van der Waals surface area contributed by atoms with Crippen molar-refractivity contribution in [3.05, 3.63) is 72.6 Å². The molecule has 4 aromatic rings. The van der Waals surface area contributed by atoms with E-state index in [1.165, 1.54) is 19.4 Å². The second kappa shape index (κ2) is 11.7. The predicted octanol–water partition coefficient (Wildman–Crippen LogP) is 3.74. The van der Waals surface area contributed by atoms with Crippen molar-refractivity contribution >= 4 is 44.2 Å². The Labute approximate surface area is 251 Å². The first-order valence-electron chi connectivity index (χ1n) is 13.8. The molecule has 0 bridgehead atoms. The summed E-state index contributed by atoms with van der Waals surface area (Å²) < 4.78 is 66.3. The smallest absolute Gasteiger partial charge is 0.306 e. The number of carbonyl (C=O) groups excluding carboxylic acids is 2. The highest BCUT2D eigenvalue weighted by molar-refractivity contribution is 7.92. The van der Waals surface area contributed by atoms with Crippen molar-refractivity contribution in [2.75, 3.05) is 42.9 Å². The van der Waals surface area contributed by atoms with Crippen LogP contribution in [0.4, 0.5) is 20.2 Å². The van der Waals surface area contributed by atoms with Gasteiger partial charge in [0.2, 0.25) is 5.88 Å². The fourth-order valence-corrected chi connectivity index (χ4v) is 6.51. The van der Waals surface area contributed by atoms with Crippen LogP contribution in [-0.4, -0.2) is 74.6 Å². The van der Waals surface area contributed by atoms with Gasteiger partial charge in [-0.05, 0) is 42.0 Å². The molecular formula is C30H27F2N5O6S. The number of esters is 1. The molecule has 2 aliphatic heterocycles. The number of sulfonamides is 1. The molecule has 44 heavy (non-hydrogen) atoms. The van der Waals surface area contributed by atoms with E-state index in [4.69, 9.17) is 9.47 Å². The molecule has 1 atom stereocenters. The molecule has 1 N–H and O–H groups in total. The summed E-state index contributed by atoms with van der Waals surface area (Å²) in [6.07, 6.45) is 3.18. The van der Waals surface area contributed by atoms with E-state index in [1.54, 1.807) is 11.1 Å². The summed E-state index contributed by atoms with van der Waals surface area (Å²) in [7, 11) is -3.13. The van der Waals surface area contributed by atoms with Crippen LogP contribution in [-0.2, 0) is 24.3 Å². The van der Waals surface area contributed by atoms with Crippen molar-refractivity contribution in [1.82, 2.24) is 14.9 Å². The van der Waals surface area contributed by atoms with Crippen molar-refractivity contribution in [1.29, 1.82) is 0 Å². The molecule has 2 fully saturated rings. The number of ether oxygens (including phenoxy) is 2. The van der Waals surface area contributed by atoms with E-state index in [2.05, 4.69) is 19.6 Å². The molecule has 2 aromatic carbocycles. The lowest BCUT2D eigenvalue weighted by Gasteiger charge is -2.37. The molecule has 11 nitrogen and oxygen atoms in total. The van der Waals surface area contributed by atoms with Gasteiger partial charge in [0.15, 0.2) is 6.10 Å². The fraction of sp³-hybridized carbons (Fsp3) is 0.267. The standard InChI is InChI=1S/C30H27F2N5O6S/c1-42-29-24(35-44(40,41)27-6-3-20(31)16-22(27)32)15-19(17-34-29)18-2-4-23-21(14-18)25(8-9-33-23)36-10-12-37(13-11-36)30(39)26-5-7-28(38)43-26/h2-4,6,8-9,14-17,26,35H,5,7,10-13H2,1H3. The molecule has 0 aliphatic carbocycles. The third-order valence-corrected chi connectivity index (χ3v) is 9.01. The molecule has 1 amide bonds. The maximum Gasteiger partial charge on any atom is 0.306 e. The number of nitrogens with one attached hydrogen (secondary N) is 1. The molecular weight excluding hydrogens is 596 g/mol. The number of hydrogen-bond acceptors (Lipinski definition) is 9. The first-order valence-corrected chi connectivity index (χ1v) is 15.3. The molecule has 228 valence electrons. The molecule has 2 aromatic heterocycles. The van der Waals surface area contributed by atoms with Crippen molar-refractivity contribution in [2.45, 2.75) is 23.8 Å². The average Bonchev–Trinajstić information content (AvgIpc) is 3.46. The molecule has 2 saturated heterocycles. The molecule has 0 radical (unpaired) electrons. The molecule has 14 heteroatoms. The quantitative estimate of drug-likeness (QED) is 0.306. The van der Waals surface area contributed by atoms with E-state index in [9.17, 15) is 26.8 Å². The van der Waals surface area contributed by atoms with E-state index in [0.717, 1.165) is 28.7 Å². The summed E-state index contributed by atoms with van der Waals surface area (Å²) in [5.41, 5.74) is 2.85. The minimum absolute atomic E-state index is 0.0334. The number of cyclic esters (lactones) is 1. The maximum absolute atomic E-state index is 14.3. The predicted molar refractivity (Wildman–Crippen MR) is 157 cm³/mol. The number of benzene rings is 2. The first-order chi connectivity index (χ1) is 21.1. The second-order valence-electron chi connectivity index (χ2n) is 10.4. The Morgan fingerprint density at radius 2 is 1.82 bits per heavy atom. The van der Waals surface area contributed by atoms with Gasteiger partial charge in [0.25, 0.3) is 15.9 Å². The number of hydrogen-bond donors (Lipinski definition) is 1. The van der Waals surface area contributed by atoms with Gasteiger partial charge in [0, 0.05) is 74.1 Å². The Bertz CT molecular complexity index is 1880. The van der Waals surface area contributed by atoms with Crippen molar-refractivity contribution in [3.63, 3.8) is 0 Å². The highest BCUT2D eigenvalue weighted by atomic mass is 32.2. The van der Waals surface area contributed by atoms with Gasteiger partial charge < -0.3 is 19.3 Å². The number of aromatic nitrogens is 2. The van der Waals surface area contributed by atoms with Gasteiger partial charge in [-0.25, -0.2) is 22.2 Å². The fourth-order valence-electron chi connectivity index (χ4n) is 5.40. The second-order valence-corrected chi connectivity index (χ2v) is 12.0. The third kappa shape index (κ3) is 5.72. The number of methoxy groups -OCH3 is 1. The van der Waals surface area contributed by atoms with Gasteiger partial charge in [0.1, 0.15) is 22.2 Å². The number of halogens is 2. The van der Waals surface area contributed by atoms with E-state index >= 15 is 0 Å². The Morgan fingerprint density at radius 1 is 1.02 bits per heavy atom. The highest BCUT2D eigenvalue weighted by Crippen LogP contribution is 2.34. The molecule has 0 saturated carbocycles. The summed E-state index contributed by atoms with van der Waals surface area (Å²) in [6.45, 7) is 2.06. The Kier molecular flexibility index (Phi) is 7.76. The van der Waals surface area contributed by atoms with Crippen LogP contribution in [0.25, 0.3) is 22.0 Å². The van der Waals surface area contributed by atoms with Gasteiger partial charge in [0.05, 0.1) is 12.6 Å². The normalized spacial score (nSPS) is 17.1. The largest absolute Gasteiger partial charge is 0.480 e. The van der Waals surface area contributed by atoms with Gasteiger partial charge in [-0.3, -0.25) is 19.3 Å². The molecule has 4 heterocycles. The SMILES string of the molecule is COc1ncc(-c2ccc3nccc(N4CCN(C(=O)C5CCC(=O)O5)CC4)c3c2)cc1NS(=O)(=O)c1ccc(F)cc1F. The number of pyridine rings is 2. The molecule has 2 aliphatic rings. The number of piperazine rings is 1. The molecule has 1 unspecified atom stereocenters. The summed E-state index contributed by atoms with van der Waals surface area (Å²) in [5.74, 6) is -2.69. The van der Waals surface area contributed by atoms with Crippen LogP contribution in [0.15, 0.2) is 65.8 Å². The van der Waals surface area contributed by atoms with Crippen LogP contribution < -0.4 is 14.4 Å². The van der Waals surface area contributed by atoms with E-state index in [-0.39, 0.29) is 29.9 Å². The highest BCUT2D eigenvalue weighted by Gasteiger charge is 2.34. The minimum Gasteiger partial charge on any atom is -0.480 e. The topological polar surface area (TPSA) is 131 Å². The van der Waals surface area contributed by atoms with Crippen LogP contribution in [0.1, 0.15) is 12.8 Å². The Balaban J connectivity index is 1.26. The number of amides is 1. The number of rotatable bonds is 7. The third-order valence-electron chi connectivity index (χ3n) is 7.62. The monoisotopic (exact) mass is 623 g/mol. The summed E-state index contributed by atoms with van der Waals surface area (Å²) in [6, 6.07) is 11.2. The zero-order valence-electron chi connectivity index (χ0n) is 23.5. The molecule has 6 rings (SSSR count). The Hall–Kier alpha value is -4.85. The van der Waals surface area contributed by atoms with E-state index in [0.29, 0.717) is 49.8 Å². The first kappa shape index (κ1) is 29.2. The molecule has 0 spiro atoms. The lowest BCUT2D eigenvalue weighted by atomic mass is 10.0. The van der Waals surface area contributed by atoms with Crippen molar-refractivity contribution in [2.24, 2.45) is 0 Å².